The van der Waals surface area contributed by atoms with Crippen molar-refractivity contribution < 1.29 is 0 Å². The summed E-state index contributed by atoms with van der Waals surface area (Å²) in [5.74, 6) is 0. The molecule has 2 unspecified atom stereocenters. The van der Waals surface area contributed by atoms with E-state index in [1.54, 1.807) is 0 Å². The van der Waals surface area contributed by atoms with Gasteiger partial charge in [0.15, 0.2) is 0 Å². The summed E-state index contributed by atoms with van der Waals surface area (Å²) in [7, 11) is 0. The second-order valence-corrected chi connectivity index (χ2v) is 10.7. The molecule has 0 aliphatic carbocycles. The summed E-state index contributed by atoms with van der Waals surface area (Å²) in [6.07, 6.45) is 7.94. The molecule has 2 bridgehead atoms. The summed E-state index contributed by atoms with van der Waals surface area (Å²) in [6, 6.07) is 0. The molecule has 0 aromatic heterocycles. The molecular formula is C14H26S2. The van der Waals surface area contributed by atoms with E-state index in [9.17, 15) is 0 Å². The van der Waals surface area contributed by atoms with Crippen molar-refractivity contribution in [3.05, 3.63) is 0 Å². The van der Waals surface area contributed by atoms with Crippen molar-refractivity contribution in [1.29, 1.82) is 0 Å². The van der Waals surface area contributed by atoms with Crippen LogP contribution in [0.1, 0.15) is 60.3 Å². The molecule has 2 heterocycles. The number of thioether (sulfide) groups is 2. The minimum Gasteiger partial charge on any atom is -0.148 e. The summed E-state index contributed by atoms with van der Waals surface area (Å²) in [5.41, 5.74) is 0.963. The van der Waals surface area contributed by atoms with Crippen LogP contribution in [0.5, 0.6) is 0 Å². The Morgan fingerprint density at radius 3 is 2.19 bits per heavy atom. The minimum atomic E-state index is 0.437. The van der Waals surface area contributed by atoms with Crippen LogP contribution in [0.15, 0.2) is 0 Å². The van der Waals surface area contributed by atoms with E-state index in [1.165, 1.54) is 25.7 Å². The fourth-order valence-corrected chi connectivity index (χ4v) is 7.68. The van der Waals surface area contributed by atoms with Crippen molar-refractivity contribution >= 4 is 23.5 Å². The van der Waals surface area contributed by atoms with Crippen LogP contribution in [0.4, 0.5) is 0 Å². The summed E-state index contributed by atoms with van der Waals surface area (Å²) < 4.78 is 1.05. The van der Waals surface area contributed by atoms with E-state index in [4.69, 9.17) is 0 Å². The second kappa shape index (κ2) is 3.60. The first kappa shape index (κ1) is 13.1. The average molecular weight is 258 g/mol. The van der Waals surface area contributed by atoms with E-state index in [-0.39, 0.29) is 0 Å². The molecule has 2 heteroatoms. The van der Waals surface area contributed by atoms with E-state index < -0.39 is 0 Å². The Labute approximate surface area is 110 Å². The smallest absolute Gasteiger partial charge is 0.0619 e. The van der Waals surface area contributed by atoms with Crippen LogP contribution in [0, 0.1) is 10.8 Å². The van der Waals surface area contributed by atoms with Gasteiger partial charge in [-0.05, 0) is 42.8 Å². The molecule has 2 saturated heterocycles. The van der Waals surface area contributed by atoms with E-state index in [2.05, 4.69) is 64.4 Å². The van der Waals surface area contributed by atoms with Crippen molar-refractivity contribution in [1.82, 2.24) is 0 Å². The number of hydrogen-bond donors (Lipinski definition) is 0. The predicted octanol–water partition coefficient (Wildman–Crippen LogP) is 5.18. The Morgan fingerprint density at radius 1 is 1.06 bits per heavy atom. The summed E-state index contributed by atoms with van der Waals surface area (Å²) in [6.45, 7) is 12.3. The van der Waals surface area contributed by atoms with Gasteiger partial charge in [0, 0.05) is 4.75 Å². The quantitative estimate of drug-likeness (QED) is 0.636. The Bertz CT molecular complexity index is 290. The van der Waals surface area contributed by atoms with E-state index in [0.717, 1.165) is 0 Å². The summed E-state index contributed by atoms with van der Waals surface area (Å²) in [4.78, 5) is 0. The first-order valence-corrected chi connectivity index (χ1v) is 8.43. The highest BCUT2D eigenvalue weighted by molar-refractivity contribution is 8.18. The van der Waals surface area contributed by atoms with Gasteiger partial charge in [0.2, 0.25) is 0 Å². The Kier molecular flexibility index (Phi) is 2.96. The molecule has 0 saturated carbocycles. The van der Waals surface area contributed by atoms with Crippen LogP contribution in [-0.2, 0) is 0 Å². The molecule has 0 aromatic rings. The molecule has 2 rings (SSSR count). The molecule has 2 atom stereocenters. The standard InChI is InChI=1S/C14H26S2/c1-11(2,3)13-7-8-14(15-6,16-13)10-12(4,5)9-13/h7-10H2,1-6H3. The summed E-state index contributed by atoms with van der Waals surface area (Å²) >= 11 is 4.43. The van der Waals surface area contributed by atoms with Gasteiger partial charge in [-0.2, -0.15) is 0 Å². The predicted molar refractivity (Wildman–Crippen MR) is 78.3 cm³/mol. The third kappa shape index (κ3) is 1.94. The average Bonchev–Trinajstić information content (AvgIpc) is 2.39. The van der Waals surface area contributed by atoms with Crippen molar-refractivity contribution in [3.63, 3.8) is 0 Å². The van der Waals surface area contributed by atoms with Gasteiger partial charge in [0.25, 0.3) is 0 Å². The van der Waals surface area contributed by atoms with Crippen LogP contribution in [0.25, 0.3) is 0 Å². The molecule has 2 aliphatic rings. The van der Waals surface area contributed by atoms with Crippen molar-refractivity contribution in [2.45, 2.75) is 69.1 Å². The topological polar surface area (TPSA) is 0 Å². The maximum absolute atomic E-state index is 2.48. The van der Waals surface area contributed by atoms with Gasteiger partial charge < -0.3 is 0 Å². The lowest BCUT2D eigenvalue weighted by Gasteiger charge is -2.52. The Balaban J connectivity index is 2.37. The van der Waals surface area contributed by atoms with Crippen LogP contribution in [0.2, 0.25) is 0 Å². The lowest BCUT2D eigenvalue weighted by molar-refractivity contribution is 0.181. The largest absolute Gasteiger partial charge is 0.148 e. The number of rotatable bonds is 1. The van der Waals surface area contributed by atoms with Crippen molar-refractivity contribution in [2.24, 2.45) is 10.8 Å². The second-order valence-electron chi connectivity index (χ2n) is 7.48. The highest BCUT2D eigenvalue weighted by atomic mass is 32.2. The molecule has 0 radical (unpaired) electrons. The molecule has 16 heavy (non-hydrogen) atoms. The Morgan fingerprint density at radius 2 is 1.69 bits per heavy atom. The zero-order chi connectivity index (χ0) is 12.2. The van der Waals surface area contributed by atoms with Crippen LogP contribution >= 0.6 is 23.5 Å². The molecule has 0 amide bonds. The lowest BCUT2D eigenvalue weighted by atomic mass is 9.70. The maximum Gasteiger partial charge on any atom is 0.0619 e. The number of hydrogen-bond acceptors (Lipinski definition) is 2. The van der Waals surface area contributed by atoms with Crippen LogP contribution in [-0.4, -0.2) is 15.1 Å². The number of fused-ring (bicyclic) bond motifs is 2. The third-order valence-corrected chi connectivity index (χ3v) is 8.46. The summed E-state index contributed by atoms with van der Waals surface area (Å²) in [5, 5.41) is 0. The van der Waals surface area contributed by atoms with Gasteiger partial charge in [-0.1, -0.05) is 34.6 Å². The molecule has 0 spiro atoms. The molecule has 0 N–H and O–H groups in total. The molecule has 0 aromatic carbocycles. The highest BCUT2D eigenvalue weighted by Crippen LogP contribution is 2.71. The van der Waals surface area contributed by atoms with Gasteiger partial charge in [-0.3, -0.25) is 0 Å². The van der Waals surface area contributed by atoms with Crippen molar-refractivity contribution in [2.75, 3.05) is 6.26 Å². The first-order valence-electron chi connectivity index (χ1n) is 6.39. The normalized spacial score (nSPS) is 42.4. The van der Waals surface area contributed by atoms with Crippen LogP contribution in [0.3, 0.4) is 0 Å². The van der Waals surface area contributed by atoms with Gasteiger partial charge in [-0.25, -0.2) is 0 Å². The highest BCUT2D eigenvalue weighted by Gasteiger charge is 2.60. The van der Waals surface area contributed by atoms with Crippen LogP contribution < -0.4 is 0 Å². The molecule has 0 nitrogen and oxygen atoms in total. The Hall–Kier alpha value is 0.700. The molecule has 2 fully saturated rings. The first-order chi connectivity index (χ1) is 7.14. The van der Waals surface area contributed by atoms with E-state index in [0.29, 0.717) is 19.7 Å². The monoisotopic (exact) mass is 258 g/mol. The van der Waals surface area contributed by atoms with E-state index >= 15 is 0 Å². The van der Waals surface area contributed by atoms with Gasteiger partial charge in [0.1, 0.15) is 0 Å². The SMILES string of the molecule is CSC12CCC(C(C)(C)C)(CC(C)(C)C1)S2. The van der Waals surface area contributed by atoms with Gasteiger partial charge in [0.05, 0.1) is 4.08 Å². The van der Waals surface area contributed by atoms with Crippen molar-refractivity contribution in [3.8, 4) is 0 Å². The molecule has 94 valence electrons. The lowest BCUT2D eigenvalue weighted by Crippen LogP contribution is -2.46. The van der Waals surface area contributed by atoms with Gasteiger partial charge >= 0.3 is 0 Å². The fourth-order valence-electron chi connectivity index (χ4n) is 3.67. The zero-order valence-corrected chi connectivity index (χ0v) is 13.3. The third-order valence-electron chi connectivity index (χ3n) is 4.54. The van der Waals surface area contributed by atoms with E-state index in [1.807, 2.05) is 0 Å². The molecular weight excluding hydrogens is 232 g/mol. The zero-order valence-electron chi connectivity index (χ0n) is 11.6. The minimum absolute atomic E-state index is 0.437. The van der Waals surface area contributed by atoms with Gasteiger partial charge in [-0.15, -0.1) is 23.5 Å². The molecule has 2 aliphatic heterocycles. The maximum atomic E-state index is 2.48. The fraction of sp³-hybridized carbons (Fsp3) is 1.00.